The second-order valence-electron chi connectivity index (χ2n) is 4.24. The summed E-state index contributed by atoms with van der Waals surface area (Å²) in [5.74, 6) is -0.0977. The molecule has 20 heavy (non-hydrogen) atoms. The van der Waals surface area contributed by atoms with Crippen LogP contribution in [0.1, 0.15) is 15.9 Å². The molecule has 0 atom stereocenters. The number of anilines is 1. The first kappa shape index (κ1) is 14.5. The Morgan fingerprint density at radius 3 is 2.70 bits per heavy atom. The maximum absolute atomic E-state index is 13.4. The molecule has 1 amide bonds. The molecule has 0 aliphatic carbocycles. The van der Waals surface area contributed by atoms with Crippen LogP contribution in [0.15, 0.2) is 40.9 Å². The number of carbonyl (C=O) groups excluding carboxylic acids is 1. The third kappa shape index (κ3) is 2.99. The summed E-state index contributed by atoms with van der Waals surface area (Å²) in [4.78, 5) is 12.1. The highest BCUT2D eigenvalue weighted by Crippen LogP contribution is 2.24. The molecule has 0 aliphatic heterocycles. The van der Waals surface area contributed by atoms with Gasteiger partial charge < -0.3 is 10.1 Å². The number of nitrogens with one attached hydrogen (secondary N) is 1. The lowest BCUT2D eigenvalue weighted by Crippen LogP contribution is -2.13. The van der Waals surface area contributed by atoms with E-state index >= 15 is 0 Å². The van der Waals surface area contributed by atoms with E-state index < -0.39 is 5.82 Å². The predicted molar refractivity (Wildman–Crippen MR) is 79.8 cm³/mol. The van der Waals surface area contributed by atoms with Gasteiger partial charge in [-0.25, -0.2) is 4.39 Å². The van der Waals surface area contributed by atoms with Crippen molar-refractivity contribution in [2.45, 2.75) is 6.92 Å². The minimum Gasteiger partial charge on any atom is -0.496 e. The molecular weight excluding hydrogens is 325 g/mol. The standard InChI is InChI=1S/C15H13BrFNO2/c1-9-8-10(6-7-13(9)20-2)18-15(19)11-4-3-5-12(17)14(11)16/h3-8H,1-2H3,(H,18,19). The van der Waals surface area contributed by atoms with Crippen LogP contribution in [0, 0.1) is 12.7 Å². The van der Waals surface area contributed by atoms with Gasteiger partial charge in [-0.2, -0.15) is 0 Å². The van der Waals surface area contributed by atoms with Crippen LogP contribution in [-0.4, -0.2) is 13.0 Å². The fourth-order valence-electron chi connectivity index (χ4n) is 1.83. The van der Waals surface area contributed by atoms with Gasteiger partial charge in [0, 0.05) is 5.69 Å². The van der Waals surface area contributed by atoms with E-state index in [1.54, 1.807) is 31.4 Å². The van der Waals surface area contributed by atoms with Gasteiger partial charge in [-0.15, -0.1) is 0 Å². The number of halogens is 2. The van der Waals surface area contributed by atoms with Crippen molar-refractivity contribution in [1.82, 2.24) is 0 Å². The van der Waals surface area contributed by atoms with Gasteiger partial charge >= 0.3 is 0 Å². The molecule has 5 heteroatoms. The molecule has 3 nitrogen and oxygen atoms in total. The van der Waals surface area contributed by atoms with Crippen molar-refractivity contribution in [3.63, 3.8) is 0 Å². The highest BCUT2D eigenvalue weighted by Gasteiger charge is 2.13. The van der Waals surface area contributed by atoms with Gasteiger partial charge in [0.1, 0.15) is 11.6 Å². The molecule has 2 aromatic carbocycles. The minimum atomic E-state index is -0.469. The monoisotopic (exact) mass is 337 g/mol. The van der Waals surface area contributed by atoms with Gasteiger partial charge in [0.15, 0.2) is 0 Å². The van der Waals surface area contributed by atoms with Gasteiger partial charge in [-0.05, 0) is 58.7 Å². The van der Waals surface area contributed by atoms with Crippen molar-refractivity contribution in [3.05, 3.63) is 57.8 Å². The molecule has 0 bridgehead atoms. The molecule has 2 rings (SSSR count). The van der Waals surface area contributed by atoms with Crippen molar-refractivity contribution in [3.8, 4) is 5.75 Å². The van der Waals surface area contributed by atoms with E-state index in [1.807, 2.05) is 6.92 Å². The molecular formula is C15H13BrFNO2. The maximum Gasteiger partial charge on any atom is 0.256 e. The van der Waals surface area contributed by atoms with Crippen LogP contribution in [0.25, 0.3) is 0 Å². The highest BCUT2D eigenvalue weighted by atomic mass is 79.9. The van der Waals surface area contributed by atoms with E-state index in [4.69, 9.17) is 4.74 Å². The Labute approximate surface area is 124 Å². The quantitative estimate of drug-likeness (QED) is 0.913. The average molecular weight is 338 g/mol. The minimum absolute atomic E-state index is 0.155. The lowest BCUT2D eigenvalue weighted by atomic mass is 10.1. The van der Waals surface area contributed by atoms with Crippen molar-refractivity contribution in [2.75, 3.05) is 12.4 Å². The Hall–Kier alpha value is -1.88. The average Bonchev–Trinajstić information content (AvgIpc) is 2.42. The second-order valence-corrected chi connectivity index (χ2v) is 5.03. The zero-order valence-electron chi connectivity index (χ0n) is 11.0. The zero-order valence-corrected chi connectivity index (χ0v) is 12.6. The van der Waals surface area contributed by atoms with Crippen molar-refractivity contribution < 1.29 is 13.9 Å². The van der Waals surface area contributed by atoms with Crippen LogP contribution >= 0.6 is 15.9 Å². The number of carbonyl (C=O) groups is 1. The van der Waals surface area contributed by atoms with E-state index in [9.17, 15) is 9.18 Å². The Balaban J connectivity index is 2.24. The Kier molecular flexibility index (Phi) is 4.39. The van der Waals surface area contributed by atoms with E-state index in [0.29, 0.717) is 5.69 Å². The number of hydrogen-bond acceptors (Lipinski definition) is 2. The summed E-state index contributed by atoms with van der Waals surface area (Å²) in [5.41, 5.74) is 1.78. The summed E-state index contributed by atoms with van der Waals surface area (Å²) in [5, 5.41) is 2.73. The van der Waals surface area contributed by atoms with Crippen LogP contribution < -0.4 is 10.1 Å². The molecule has 0 saturated carbocycles. The van der Waals surface area contributed by atoms with Crippen LogP contribution in [0.5, 0.6) is 5.75 Å². The largest absolute Gasteiger partial charge is 0.496 e. The molecule has 0 fully saturated rings. The van der Waals surface area contributed by atoms with Crippen LogP contribution in [-0.2, 0) is 0 Å². The Bertz CT molecular complexity index is 658. The molecule has 0 spiro atoms. The van der Waals surface area contributed by atoms with Crippen molar-refractivity contribution in [1.29, 1.82) is 0 Å². The van der Waals surface area contributed by atoms with E-state index in [1.165, 1.54) is 12.1 Å². The smallest absolute Gasteiger partial charge is 0.256 e. The topological polar surface area (TPSA) is 38.3 Å². The lowest BCUT2D eigenvalue weighted by Gasteiger charge is -2.10. The molecule has 0 aliphatic rings. The highest BCUT2D eigenvalue weighted by molar-refractivity contribution is 9.10. The first-order valence-corrected chi connectivity index (χ1v) is 6.72. The normalized spacial score (nSPS) is 10.2. The Morgan fingerprint density at radius 2 is 2.05 bits per heavy atom. The number of methoxy groups -OCH3 is 1. The van der Waals surface area contributed by atoms with Gasteiger partial charge in [0.2, 0.25) is 0 Å². The van der Waals surface area contributed by atoms with Crippen molar-refractivity contribution >= 4 is 27.5 Å². The molecule has 0 aromatic heterocycles. The van der Waals surface area contributed by atoms with E-state index in [-0.39, 0.29) is 15.9 Å². The first-order valence-electron chi connectivity index (χ1n) is 5.93. The third-order valence-corrected chi connectivity index (χ3v) is 3.65. The maximum atomic E-state index is 13.4. The fourth-order valence-corrected chi connectivity index (χ4v) is 2.28. The Morgan fingerprint density at radius 1 is 1.30 bits per heavy atom. The number of ether oxygens (including phenoxy) is 1. The number of aryl methyl sites for hydroxylation is 1. The first-order chi connectivity index (χ1) is 9.52. The molecule has 2 aromatic rings. The second kappa shape index (κ2) is 6.05. The summed E-state index contributed by atoms with van der Waals surface area (Å²) < 4.78 is 18.7. The summed E-state index contributed by atoms with van der Waals surface area (Å²) in [6.45, 7) is 1.88. The summed E-state index contributed by atoms with van der Waals surface area (Å²) in [6, 6.07) is 9.64. The fraction of sp³-hybridized carbons (Fsp3) is 0.133. The zero-order chi connectivity index (χ0) is 14.7. The molecule has 0 radical (unpaired) electrons. The summed E-state index contributed by atoms with van der Waals surface area (Å²) in [7, 11) is 1.59. The van der Waals surface area contributed by atoms with Gasteiger partial charge in [-0.1, -0.05) is 6.07 Å². The van der Waals surface area contributed by atoms with E-state index in [2.05, 4.69) is 21.2 Å². The van der Waals surface area contributed by atoms with E-state index in [0.717, 1.165) is 11.3 Å². The summed E-state index contributed by atoms with van der Waals surface area (Å²) >= 11 is 3.08. The lowest BCUT2D eigenvalue weighted by molar-refractivity contribution is 0.102. The van der Waals surface area contributed by atoms with Crippen LogP contribution in [0.2, 0.25) is 0 Å². The molecule has 0 unspecified atom stereocenters. The van der Waals surface area contributed by atoms with Gasteiger partial charge in [-0.3, -0.25) is 4.79 Å². The number of hydrogen-bond donors (Lipinski definition) is 1. The summed E-state index contributed by atoms with van der Waals surface area (Å²) in [6.07, 6.45) is 0. The van der Waals surface area contributed by atoms with Gasteiger partial charge in [0.25, 0.3) is 5.91 Å². The number of amides is 1. The van der Waals surface area contributed by atoms with Gasteiger partial charge in [0.05, 0.1) is 17.1 Å². The van der Waals surface area contributed by atoms with Crippen LogP contribution in [0.3, 0.4) is 0 Å². The number of benzene rings is 2. The SMILES string of the molecule is COc1ccc(NC(=O)c2cccc(F)c2Br)cc1C. The molecule has 0 saturated heterocycles. The van der Waals surface area contributed by atoms with Crippen molar-refractivity contribution in [2.24, 2.45) is 0 Å². The van der Waals surface area contributed by atoms with Crippen LogP contribution in [0.4, 0.5) is 10.1 Å². The third-order valence-electron chi connectivity index (χ3n) is 2.85. The molecule has 0 heterocycles. The predicted octanol–water partition coefficient (Wildman–Crippen LogP) is 4.16. The molecule has 1 N–H and O–H groups in total. The number of rotatable bonds is 3. The molecule has 104 valence electrons.